The highest BCUT2D eigenvalue weighted by atomic mass is 19.1. The number of nitrogens with zero attached hydrogens (tertiary/aromatic N) is 5. The summed E-state index contributed by atoms with van der Waals surface area (Å²) < 4.78 is 13.1. The number of rotatable bonds is 3. The molecule has 1 aliphatic heterocycles. The first-order valence-electron chi connectivity index (χ1n) is 8.18. The van der Waals surface area contributed by atoms with E-state index in [1.807, 2.05) is 18.2 Å². The molecule has 1 aromatic heterocycles. The highest BCUT2D eigenvalue weighted by Gasteiger charge is 2.28. The molecule has 4 rings (SSSR count). The van der Waals surface area contributed by atoms with Gasteiger partial charge in [0.05, 0.1) is 5.69 Å². The van der Waals surface area contributed by atoms with Crippen molar-refractivity contribution in [1.82, 2.24) is 15.0 Å². The van der Waals surface area contributed by atoms with E-state index in [0.717, 1.165) is 19.5 Å². The Kier molecular flexibility index (Phi) is 3.90. The van der Waals surface area contributed by atoms with Crippen LogP contribution in [0.4, 0.5) is 10.2 Å². The molecule has 0 radical (unpaired) electrons. The Morgan fingerprint density at radius 3 is 2.52 bits per heavy atom. The van der Waals surface area contributed by atoms with Crippen molar-refractivity contribution < 1.29 is 4.39 Å². The fraction of sp³-hybridized carbons (Fsp3) is 0.211. The van der Waals surface area contributed by atoms with Crippen molar-refractivity contribution in [3.05, 3.63) is 71.7 Å². The number of hydrogen-bond donors (Lipinski definition) is 0. The summed E-state index contributed by atoms with van der Waals surface area (Å²) in [5, 5.41) is 18.1. The Balaban J connectivity index is 1.61. The first kappa shape index (κ1) is 15.3. The number of nitriles is 1. The summed E-state index contributed by atoms with van der Waals surface area (Å²) in [6.07, 6.45) is 1.01. The average molecular weight is 333 g/mol. The molecule has 0 bridgehead atoms. The minimum Gasteiger partial charge on any atom is -0.352 e. The molecule has 1 aliphatic rings. The lowest BCUT2D eigenvalue weighted by Gasteiger charge is -2.15. The van der Waals surface area contributed by atoms with Crippen LogP contribution in [0.2, 0.25) is 0 Å². The van der Waals surface area contributed by atoms with E-state index in [9.17, 15) is 9.65 Å². The van der Waals surface area contributed by atoms with E-state index in [1.165, 1.54) is 22.5 Å². The second kappa shape index (κ2) is 6.36. The fourth-order valence-electron chi connectivity index (χ4n) is 3.22. The molecular weight excluding hydrogens is 317 g/mol. The van der Waals surface area contributed by atoms with Gasteiger partial charge in [0.1, 0.15) is 11.9 Å². The smallest absolute Gasteiger partial charge is 0.207 e. The molecule has 5 nitrogen and oxygen atoms in total. The van der Waals surface area contributed by atoms with E-state index in [-0.39, 0.29) is 11.5 Å². The van der Waals surface area contributed by atoms with Gasteiger partial charge in [-0.1, -0.05) is 30.3 Å². The lowest BCUT2D eigenvalue weighted by atomic mass is 9.99. The number of benzene rings is 2. The minimum atomic E-state index is -0.318. The molecule has 124 valence electrons. The van der Waals surface area contributed by atoms with E-state index >= 15 is 0 Å². The van der Waals surface area contributed by atoms with Crippen LogP contribution in [0.1, 0.15) is 23.6 Å². The molecule has 0 amide bonds. The van der Waals surface area contributed by atoms with Crippen molar-refractivity contribution >= 4 is 5.82 Å². The molecule has 1 saturated heterocycles. The second-order valence-electron chi connectivity index (χ2n) is 6.09. The van der Waals surface area contributed by atoms with Crippen LogP contribution in [0.15, 0.2) is 54.6 Å². The molecule has 0 spiro atoms. The van der Waals surface area contributed by atoms with Gasteiger partial charge in [-0.2, -0.15) is 5.26 Å². The zero-order valence-corrected chi connectivity index (χ0v) is 13.5. The maximum atomic E-state index is 13.1. The van der Waals surface area contributed by atoms with Gasteiger partial charge in [0, 0.05) is 19.0 Å². The number of anilines is 1. The van der Waals surface area contributed by atoms with Gasteiger partial charge in [-0.15, -0.1) is 15.0 Å². The molecule has 1 fully saturated rings. The maximum absolute atomic E-state index is 13.1. The van der Waals surface area contributed by atoms with Crippen LogP contribution < -0.4 is 4.90 Å². The summed E-state index contributed by atoms with van der Waals surface area (Å²) in [5.74, 6) is 0.691. The third-order valence-electron chi connectivity index (χ3n) is 4.52. The monoisotopic (exact) mass is 333 g/mol. The Morgan fingerprint density at radius 1 is 1.04 bits per heavy atom. The van der Waals surface area contributed by atoms with Gasteiger partial charge >= 0.3 is 0 Å². The van der Waals surface area contributed by atoms with Crippen LogP contribution in [-0.2, 0) is 0 Å². The van der Waals surface area contributed by atoms with Gasteiger partial charge in [-0.3, -0.25) is 0 Å². The van der Waals surface area contributed by atoms with Crippen molar-refractivity contribution in [1.29, 1.82) is 5.26 Å². The van der Waals surface area contributed by atoms with Crippen molar-refractivity contribution in [2.45, 2.75) is 12.3 Å². The SMILES string of the molecule is N#Cc1nn(-c2ccc(F)cc2)nc1N1CC[C@@H](c2ccccc2)C1. The van der Waals surface area contributed by atoms with Crippen molar-refractivity contribution in [3.8, 4) is 11.8 Å². The summed E-state index contributed by atoms with van der Waals surface area (Å²) in [6, 6.07) is 18.4. The van der Waals surface area contributed by atoms with Gasteiger partial charge in [0.25, 0.3) is 0 Å². The molecule has 0 N–H and O–H groups in total. The highest BCUT2D eigenvalue weighted by molar-refractivity contribution is 5.51. The first-order chi connectivity index (χ1) is 12.2. The lowest BCUT2D eigenvalue weighted by molar-refractivity contribution is 0.626. The van der Waals surface area contributed by atoms with E-state index in [1.54, 1.807) is 12.1 Å². The minimum absolute atomic E-state index is 0.290. The molecule has 25 heavy (non-hydrogen) atoms. The molecule has 0 saturated carbocycles. The normalized spacial score (nSPS) is 16.8. The van der Waals surface area contributed by atoms with Gasteiger partial charge < -0.3 is 4.90 Å². The van der Waals surface area contributed by atoms with Gasteiger partial charge in [-0.25, -0.2) is 4.39 Å². The average Bonchev–Trinajstić information content (AvgIpc) is 3.30. The first-order valence-corrected chi connectivity index (χ1v) is 8.18. The highest BCUT2D eigenvalue weighted by Crippen LogP contribution is 2.31. The summed E-state index contributed by atoms with van der Waals surface area (Å²) in [6.45, 7) is 1.64. The molecule has 2 aromatic carbocycles. The fourth-order valence-corrected chi connectivity index (χ4v) is 3.22. The Morgan fingerprint density at radius 2 is 1.80 bits per heavy atom. The van der Waals surface area contributed by atoms with Crippen LogP contribution in [0.5, 0.6) is 0 Å². The van der Waals surface area contributed by atoms with Gasteiger partial charge in [0.15, 0.2) is 5.82 Å². The second-order valence-corrected chi connectivity index (χ2v) is 6.09. The molecule has 2 heterocycles. The summed E-state index contributed by atoms with van der Waals surface area (Å²) in [4.78, 5) is 3.49. The molecular formula is C19H16FN5. The third kappa shape index (κ3) is 2.96. The quantitative estimate of drug-likeness (QED) is 0.738. The Hall–Kier alpha value is -3.20. The zero-order chi connectivity index (χ0) is 17.2. The Labute approximate surface area is 144 Å². The predicted molar refractivity (Wildman–Crippen MR) is 92.0 cm³/mol. The van der Waals surface area contributed by atoms with Crippen molar-refractivity contribution in [2.75, 3.05) is 18.0 Å². The van der Waals surface area contributed by atoms with E-state index < -0.39 is 0 Å². The van der Waals surface area contributed by atoms with E-state index in [2.05, 4.69) is 33.3 Å². The largest absolute Gasteiger partial charge is 0.352 e. The van der Waals surface area contributed by atoms with Gasteiger partial charge in [0.2, 0.25) is 5.69 Å². The number of hydrogen-bond acceptors (Lipinski definition) is 4. The van der Waals surface area contributed by atoms with Crippen LogP contribution in [0.3, 0.4) is 0 Å². The zero-order valence-electron chi connectivity index (χ0n) is 13.5. The van der Waals surface area contributed by atoms with E-state index in [0.29, 0.717) is 17.4 Å². The van der Waals surface area contributed by atoms with Crippen LogP contribution in [0, 0.1) is 17.1 Å². The van der Waals surface area contributed by atoms with E-state index in [4.69, 9.17) is 0 Å². The van der Waals surface area contributed by atoms with Crippen molar-refractivity contribution in [2.24, 2.45) is 0 Å². The lowest BCUT2D eigenvalue weighted by Crippen LogP contribution is -2.20. The molecule has 6 heteroatoms. The number of aromatic nitrogens is 3. The topological polar surface area (TPSA) is 57.7 Å². The standard InChI is InChI=1S/C19H16FN5/c20-16-6-8-17(9-7-16)25-22-18(12-21)19(23-25)24-11-10-15(13-24)14-4-2-1-3-5-14/h1-9,15H,10-11,13H2/t15-/m1/s1. The Bertz CT molecular complexity index is 911. The van der Waals surface area contributed by atoms with Crippen LogP contribution in [-0.4, -0.2) is 28.1 Å². The summed E-state index contributed by atoms with van der Waals surface area (Å²) in [7, 11) is 0. The molecule has 0 aliphatic carbocycles. The van der Waals surface area contributed by atoms with Crippen LogP contribution >= 0.6 is 0 Å². The van der Waals surface area contributed by atoms with Crippen LogP contribution in [0.25, 0.3) is 5.69 Å². The maximum Gasteiger partial charge on any atom is 0.207 e. The molecule has 0 unspecified atom stereocenters. The predicted octanol–water partition coefficient (Wildman–Crippen LogP) is 3.27. The molecule has 3 aromatic rings. The summed E-state index contributed by atoms with van der Waals surface area (Å²) >= 11 is 0. The number of halogens is 1. The molecule has 1 atom stereocenters. The third-order valence-corrected chi connectivity index (χ3v) is 4.52. The van der Waals surface area contributed by atoms with Gasteiger partial charge in [-0.05, 0) is 36.2 Å². The summed E-state index contributed by atoms with van der Waals surface area (Å²) in [5.41, 5.74) is 2.22. The van der Waals surface area contributed by atoms with Crippen molar-refractivity contribution in [3.63, 3.8) is 0 Å².